The normalized spacial score (nSPS) is 17.8. The van der Waals surface area contributed by atoms with Crippen LogP contribution in [0.5, 0.6) is 11.5 Å². The molecule has 1 amide bonds. The minimum Gasteiger partial charge on any atom is -0.496 e. The highest BCUT2D eigenvalue weighted by molar-refractivity contribution is 6.41. The first-order chi connectivity index (χ1) is 19.1. The fourth-order valence-electron chi connectivity index (χ4n) is 4.91. The SMILES string of the molecule is COc1cc2c(cc1-c1cncc(CO)c1)C1C(CO2)C(C(=O)N(C)C(C)(C)C#N)=NN1c1cc(Cl)cc(Cl)c1. The number of hydrogen-bond donors (Lipinski definition) is 1. The molecular formula is C29H27Cl2N5O4. The van der Waals surface area contributed by atoms with Gasteiger partial charge < -0.3 is 19.5 Å². The van der Waals surface area contributed by atoms with Crippen LogP contribution in [0.4, 0.5) is 5.69 Å². The van der Waals surface area contributed by atoms with Crippen LogP contribution in [0, 0.1) is 17.2 Å². The molecular weight excluding hydrogens is 553 g/mol. The summed E-state index contributed by atoms with van der Waals surface area (Å²) in [6, 6.07) is 12.4. The quantitative estimate of drug-likeness (QED) is 0.425. The van der Waals surface area contributed by atoms with E-state index in [1.54, 1.807) is 69.7 Å². The second-order valence-electron chi connectivity index (χ2n) is 10.2. The van der Waals surface area contributed by atoms with Gasteiger partial charge in [-0.1, -0.05) is 23.2 Å². The van der Waals surface area contributed by atoms with E-state index in [9.17, 15) is 15.2 Å². The first-order valence-electron chi connectivity index (χ1n) is 12.5. The Balaban J connectivity index is 1.68. The standard InChI is InChI=1S/C29H27Cl2N5O4/c1-29(2,15-32)35(3)28(38)26-23-14-40-25-10-24(39-4)21(17-5-16(13-37)11-33-12-17)9-22(25)27(23)36(34-26)20-7-18(30)6-19(31)8-20/h5-12,23,27,37H,13-14H2,1-4H3. The van der Waals surface area contributed by atoms with Gasteiger partial charge in [-0.2, -0.15) is 10.4 Å². The van der Waals surface area contributed by atoms with Gasteiger partial charge in [0, 0.05) is 52.2 Å². The van der Waals surface area contributed by atoms with Gasteiger partial charge in [-0.25, -0.2) is 0 Å². The maximum Gasteiger partial charge on any atom is 0.271 e. The maximum atomic E-state index is 13.7. The number of halogens is 2. The zero-order chi connectivity index (χ0) is 28.8. The number of hydrogen-bond acceptors (Lipinski definition) is 8. The average molecular weight is 580 g/mol. The van der Waals surface area contributed by atoms with Gasteiger partial charge in [0.05, 0.1) is 44.0 Å². The molecule has 11 heteroatoms. The van der Waals surface area contributed by atoms with Gasteiger partial charge >= 0.3 is 0 Å². The molecule has 206 valence electrons. The van der Waals surface area contributed by atoms with Gasteiger partial charge in [0.1, 0.15) is 22.7 Å². The van der Waals surface area contributed by atoms with E-state index in [0.717, 1.165) is 16.7 Å². The van der Waals surface area contributed by atoms with Crippen molar-refractivity contribution in [2.45, 2.75) is 32.0 Å². The predicted molar refractivity (Wildman–Crippen MR) is 153 cm³/mol. The molecule has 0 bridgehead atoms. The number of carbonyl (C=O) groups is 1. The van der Waals surface area contributed by atoms with Gasteiger partial charge in [-0.3, -0.25) is 14.8 Å². The Morgan fingerprint density at radius 2 is 1.95 bits per heavy atom. The van der Waals surface area contributed by atoms with Crippen molar-refractivity contribution < 1.29 is 19.4 Å². The molecule has 0 saturated heterocycles. The second kappa shape index (κ2) is 10.6. The van der Waals surface area contributed by atoms with E-state index in [-0.39, 0.29) is 24.8 Å². The molecule has 1 N–H and O–H groups in total. The highest BCUT2D eigenvalue weighted by Crippen LogP contribution is 2.50. The van der Waals surface area contributed by atoms with Gasteiger partial charge in [0.2, 0.25) is 0 Å². The number of aliphatic hydroxyl groups is 1. The van der Waals surface area contributed by atoms with E-state index < -0.39 is 17.5 Å². The summed E-state index contributed by atoms with van der Waals surface area (Å²) in [6.45, 7) is 3.37. The first kappa shape index (κ1) is 27.7. The van der Waals surface area contributed by atoms with E-state index in [1.165, 1.54) is 4.90 Å². The molecule has 0 aliphatic carbocycles. The van der Waals surface area contributed by atoms with Crippen molar-refractivity contribution in [2.75, 3.05) is 25.8 Å². The Kier molecular flexibility index (Phi) is 7.36. The third-order valence-corrected chi connectivity index (χ3v) is 7.75. The van der Waals surface area contributed by atoms with E-state index in [4.69, 9.17) is 37.8 Å². The highest BCUT2D eigenvalue weighted by Gasteiger charge is 2.48. The minimum absolute atomic E-state index is 0.156. The fourth-order valence-corrected chi connectivity index (χ4v) is 5.43. The van der Waals surface area contributed by atoms with Crippen molar-refractivity contribution in [1.82, 2.24) is 9.88 Å². The van der Waals surface area contributed by atoms with Crippen LogP contribution in [0.2, 0.25) is 10.0 Å². The molecule has 2 aromatic carbocycles. The Morgan fingerprint density at radius 3 is 2.60 bits per heavy atom. The molecule has 1 aromatic heterocycles. The smallest absolute Gasteiger partial charge is 0.271 e. The van der Waals surface area contributed by atoms with Gasteiger partial charge in [-0.05, 0) is 49.7 Å². The van der Waals surface area contributed by atoms with Crippen molar-refractivity contribution >= 4 is 40.5 Å². The molecule has 0 radical (unpaired) electrons. The first-order valence-corrected chi connectivity index (χ1v) is 13.3. The number of amides is 1. The maximum absolute atomic E-state index is 13.7. The van der Waals surface area contributed by atoms with Crippen LogP contribution in [-0.2, 0) is 11.4 Å². The summed E-state index contributed by atoms with van der Waals surface area (Å²) < 4.78 is 11.9. The molecule has 2 aliphatic rings. The molecule has 3 heterocycles. The van der Waals surface area contributed by atoms with Crippen LogP contribution in [0.3, 0.4) is 0 Å². The topological polar surface area (TPSA) is 111 Å². The highest BCUT2D eigenvalue weighted by atomic mass is 35.5. The van der Waals surface area contributed by atoms with Crippen LogP contribution < -0.4 is 14.5 Å². The molecule has 9 nitrogen and oxygen atoms in total. The number of methoxy groups -OCH3 is 1. The van der Waals surface area contributed by atoms with Gasteiger partial charge in [-0.15, -0.1) is 0 Å². The van der Waals surface area contributed by atoms with Gasteiger partial charge in [0.25, 0.3) is 5.91 Å². The Labute approximate surface area is 242 Å². The third-order valence-electron chi connectivity index (χ3n) is 7.32. The second-order valence-corrected chi connectivity index (χ2v) is 11.1. The van der Waals surface area contributed by atoms with Crippen LogP contribution in [0.15, 0.2) is 53.9 Å². The van der Waals surface area contributed by atoms with Crippen LogP contribution in [0.25, 0.3) is 11.1 Å². The predicted octanol–water partition coefficient (Wildman–Crippen LogP) is 5.24. The largest absolute Gasteiger partial charge is 0.496 e. The Morgan fingerprint density at radius 1 is 1.23 bits per heavy atom. The fraction of sp³-hybridized carbons (Fsp3) is 0.310. The zero-order valence-corrected chi connectivity index (χ0v) is 23.9. The minimum atomic E-state index is -1.05. The van der Waals surface area contributed by atoms with E-state index >= 15 is 0 Å². The number of hydrazone groups is 1. The molecule has 5 rings (SSSR count). The molecule has 0 fully saturated rings. The summed E-state index contributed by atoms with van der Waals surface area (Å²) in [5, 5.41) is 26.7. The number of ether oxygens (including phenoxy) is 2. The Bertz CT molecular complexity index is 1550. The molecule has 2 aliphatic heterocycles. The van der Waals surface area contributed by atoms with Crippen molar-refractivity contribution in [1.29, 1.82) is 5.26 Å². The van der Waals surface area contributed by atoms with Crippen molar-refractivity contribution in [2.24, 2.45) is 11.0 Å². The van der Waals surface area contributed by atoms with E-state index in [0.29, 0.717) is 32.8 Å². The van der Waals surface area contributed by atoms with Gasteiger partial charge in [0.15, 0.2) is 0 Å². The molecule has 0 saturated carbocycles. The lowest BCUT2D eigenvalue weighted by molar-refractivity contribution is -0.126. The van der Waals surface area contributed by atoms with Crippen molar-refractivity contribution in [3.8, 4) is 28.7 Å². The van der Waals surface area contributed by atoms with Crippen LogP contribution in [-0.4, -0.2) is 52.9 Å². The number of benzene rings is 2. The number of pyridine rings is 1. The molecule has 40 heavy (non-hydrogen) atoms. The number of aliphatic hydroxyl groups excluding tert-OH is 1. The third kappa shape index (κ3) is 4.83. The summed E-state index contributed by atoms with van der Waals surface area (Å²) in [4.78, 5) is 19.4. The number of anilines is 1. The number of rotatable bonds is 6. The monoisotopic (exact) mass is 579 g/mol. The number of carbonyl (C=O) groups excluding carboxylic acids is 1. The summed E-state index contributed by atoms with van der Waals surface area (Å²) in [6.07, 6.45) is 3.29. The average Bonchev–Trinajstić information content (AvgIpc) is 3.35. The molecule has 3 aromatic rings. The van der Waals surface area contributed by atoms with Crippen LogP contribution in [0.1, 0.15) is 31.0 Å². The number of aromatic nitrogens is 1. The number of nitrogens with zero attached hydrogens (tertiary/aromatic N) is 5. The Hall–Kier alpha value is -3.84. The molecule has 2 unspecified atom stereocenters. The molecule has 0 spiro atoms. The van der Waals surface area contributed by atoms with Crippen molar-refractivity contribution in [3.63, 3.8) is 0 Å². The number of nitriles is 1. The lowest BCUT2D eigenvalue weighted by Crippen LogP contribution is -2.49. The number of fused-ring (bicyclic) bond motifs is 3. The van der Waals surface area contributed by atoms with Crippen LogP contribution >= 0.6 is 23.2 Å². The van der Waals surface area contributed by atoms with E-state index in [2.05, 4.69) is 11.1 Å². The summed E-state index contributed by atoms with van der Waals surface area (Å²) >= 11 is 12.7. The summed E-state index contributed by atoms with van der Waals surface area (Å²) in [5.74, 6) is 0.314. The van der Waals surface area contributed by atoms with E-state index in [1.807, 2.05) is 12.1 Å². The summed E-state index contributed by atoms with van der Waals surface area (Å²) in [7, 11) is 3.16. The molecule has 2 atom stereocenters. The van der Waals surface area contributed by atoms with Crippen molar-refractivity contribution in [3.05, 3.63) is 70.0 Å². The zero-order valence-electron chi connectivity index (χ0n) is 22.4. The lowest BCUT2D eigenvalue weighted by atomic mass is 9.85. The lowest BCUT2D eigenvalue weighted by Gasteiger charge is -2.35. The summed E-state index contributed by atoms with van der Waals surface area (Å²) in [5.41, 5.74) is 2.72.